The van der Waals surface area contributed by atoms with Gasteiger partial charge >= 0.3 is 0 Å². The molecule has 1 aliphatic carbocycles. The summed E-state index contributed by atoms with van der Waals surface area (Å²) in [6.45, 7) is 4.61. The third-order valence-electron chi connectivity index (χ3n) is 3.40. The Bertz CT molecular complexity index is 370. The van der Waals surface area contributed by atoms with E-state index in [0.717, 1.165) is 29.6 Å². The number of anilines is 1. The molecule has 86 valence electrons. The predicted molar refractivity (Wildman–Crippen MR) is 68.7 cm³/mol. The van der Waals surface area contributed by atoms with Gasteiger partial charge in [0.2, 0.25) is 0 Å². The van der Waals surface area contributed by atoms with E-state index in [1.54, 1.807) is 0 Å². The van der Waals surface area contributed by atoms with E-state index in [1.165, 1.54) is 25.9 Å². The van der Waals surface area contributed by atoms with E-state index in [9.17, 15) is 0 Å². The molecular formula is C12H16BrN3. The van der Waals surface area contributed by atoms with Gasteiger partial charge in [-0.2, -0.15) is 0 Å². The van der Waals surface area contributed by atoms with E-state index in [0.29, 0.717) is 0 Å². The van der Waals surface area contributed by atoms with E-state index in [-0.39, 0.29) is 0 Å². The van der Waals surface area contributed by atoms with Gasteiger partial charge in [-0.25, -0.2) is 4.98 Å². The number of rotatable bonds is 2. The summed E-state index contributed by atoms with van der Waals surface area (Å²) >= 11 is 3.43. The maximum absolute atomic E-state index is 4.51. The quantitative estimate of drug-likeness (QED) is 0.775. The Hall–Kier alpha value is -0.610. The molecule has 2 fully saturated rings. The van der Waals surface area contributed by atoms with Gasteiger partial charge in [-0.1, -0.05) is 6.07 Å². The molecule has 0 unspecified atom stereocenters. The van der Waals surface area contributed by atoms with Gasteiger partial charge in [0.1, 0.15) is 10.4 Å². The van der Waals surface area contributed by atoms with Gasteiger partial charge in [-0.3, -0.25) is 4.90 Å². The van der Waals surface area contributed by atoms with E-state index in [2.05, 4.69) is 42.8 Å². The molecule has 1 aliphatic heterocycles. The zero-order valence-corrected chi connectivity index (χ0v) is 10.9. The highest BCUT2D eigenvalue weighted by molar-refractivity contribution is 9.10. The number of pyridine rings is 1. The molecule has 0 aromatic carbocycles. The van der Waals surface area contributed by atoms with Gasteiger partial charge < -0.3 is 4.90 Å². The Morgan fingerprint density at radius 3 is 2.50 bits per heavy atom. The smallest absolute Gasteiger partial charge is 0.129 e. The second kappa shape index (κ2) is 4.34. The molecule has 0 bridgehead atoms. The van der Waals surface area contributed by atoms with E-state index in [1.807, 2.05) is 6.07 Å². The van der Waals surface area contributed by atoms with Crippen molar-refractivity contribution in [1.82, 2.24) is 9.88 Å². The normalized spacial score (nSPS) is 22.4. The molecule has 0 atom stereocenters. The molecule has 16 heavy (non-hydrogen) atoms. The monoisotopic (exact) mass is 281 g/mol. The lowest BCUT2D eigenvalue weighted by atomic mass is 10.3. The Morgan fingerprint density at radius 1 is 1.12 bits per heavy atom. The van der Waals surface area contributed by atoms with Crippen LogP contribution in [0.25, 0.3) is 0 Å². The van der Waals surface area contributed by atoms with Crippen molar-refractivity contribution < 1.29 is 0 Å². The van der Waals surface area contributed by atoms with Gasteiger partial charge in [-0.05, 0) is 40.9 Å². The van der Waals surface area contributed by atoms with Crippen LogP contribution in [0.3, 0.4) is 0 Å². The van der Waals surface area contributed by atoms with Gasteiger partial charge in [0, 0.05) is 32.2 Å². The average molecular weight is 282 g/mol. The first-order valence-electron chi connectivity index (χ1n) is 5.94. The summed E-state index contributed by atoms with van der Waals surface area (Å²) in [5.41, 5.74) is 0. The van der Waals surface area contributed by atoms with Crippen molar-refractivity contribution in [3.63, 3.8) is 0 Å². The number of aromatic nitrogens is 1. The predicted octanol–water partition coefficient (Wildman–Crippen LogP) is 2.13. The van der Waals surface area contributed by atoms with E-state index < -0.39 is 0 Å². The number of halogens is 1. The molecular weight excluding hydrogens is 266 g/mol. The van der Waals surface area contributed by atoms with Crippen LogP contribution in [0.15, 0.2) is 22.8 Å². The molecule has 2 aliphatic rings. The van der Waals surface area contributed by atoms with Crippen LogP contribution in [0.4, 0.5) is 5.82 Å². The topological polar surface area (TPSA) is 19.4 Å². The number of hydrogen-bond acceptors (Lipinski definition) is 3. The molecule has 3 nitrogen and oxygen atoms in total. The molecule has 0 spiro atoms. The van der Waals surface area contributed by atoms with Gasteiger partial charge in [-0.15, -0.1) is 0 Å². The molecule has 1 aromatic heterocycles. The molecule has 1 saturated heterocycles. The standard InChI is InChI=1S/C12H16BrN3/c13-11-2-1-3-12(14-11)16-8-6-15(7-9-16)10-4-5-10/h1-3,10H,4-9H2. The summed E-state index contributed by atoms with van der Waals surface area (Å²) in [7, 11) is 0. The number of piperazine rings is 1. The molecule has 1 saturated carbocycles. The highest BCUT2D eigenvalue weighted by atomic mass is 79.9. The average Bonchev–Trinajstić information content (AvgIpc) is 3.13. The largest absolute Gasteiger partial charge is 0.354 e. The van der Waals surface area contributed by atoms with Crippen LogP contribution < -0.4 is 4.90 Å². The lowest BCUT2D eigenvalue weighted by Gasteiger charge is -2.35. The lowest BCUT2D eigenvalue weighted by Crippen LogP contribution is -2.47. The fourth-order valence-electron chi connectivity index (χ4n) is 2.33. The molecule has 0 radical (unpaired) electrons. The van der Waals surface area contributed by atoms with Crippen LogP contribution >= 0.6 is 15.9 Å². The molecule has 3 rings (SSSR count). The van der Waals surface area contributed by atoms with Crippen LogP contribution in [-0.4, -0.2) is 42.1 Å². The minimum Gasteiger partial charge on any atom is -0.354 e. The maximum Gasteiger partial charge on any atom is 0.129 e. The van der Waals surface area contributed by atoms with Crippen molar-refractivity contribution >= 4 is 21.7 Å². The molecule has 1 aromatic rings. The van der Waals surface area contributed by atoms with Crippen LogP contribution in [0.5, 0.6) is 0 Å². The lowest BCUT2D eigenvalue weighted by molar-refractivity contribution is 0.247. The first-order valence-corrected chi connectivity index (χ1v) is 6.74. The zero-order valence-electron chi connectivity index (χ0n) is 9.27. The van der Waals surface area contributed by atoms with Gasteiger partial charge in [0.25, 0.3) is 0 Å². The SMILES string of the molecule is Brc1cccc(N2CCN(C3CC3)CC2)n1. The van der Waals surface area contributed by atoms with E-state index >= 15 is 0 Å². The molecule has 4 heteroatoms. The first kappa shape index (κ1) is 10.5. The van der Waals surface area contributed by atoms with Gasteiger partial charge in [0.05, 0.1) is 0 Å². The van der Waals surface area contributed by atoms with Crippen molar-refractivity contribution in [2.24, 2.45) is 0 Å². The molecule has 2 heterocycles. The zero-order chi connectivity index (χ0) is 11.0. The Labute approximate surface area is 105 Å². The summed E-state index contributed by atoms with van der Waals surface area (Å²) in [6, 6.07) is 7.03. The third kappa shape index (κ3) is 2.23. The van der Waals surface area contributed by atoms with Crippen molar-refractivity contribution in [2.75, 3.05) is 31.1 Å². The second-order valence-corrected chi connectivity index (χ2v) is 5.39. The molecule has 0 amide bonds. The molecule has 0 N–H and O–H groups in total. The highest BCUT2D eigenvalue weighted by Crippen LogP contribution is 2.28. The summed E-state index contributed by atoms with van der Waals surface area (Å²) in [5, 5.41) is 0. The Morgan fingerprint density at radius 2 is 1.88 bits per heavy atom. The van der Waals surface area contributed by atoms with Crippen molar-refractivity contribution in [3.05, 3.63) is 22.8 Å². The Kier molecular flexibility index (Phi) is 2.86. The number of nitrogens with zero attached hydrogens (tertiary/aromatic N) is 3. The van der Waals surface area contributed by atoms with Crippen molar-refractivity contribution in [3.8, 4) is 0 Å². The van der Waals surface area contributed by atoms with Gasteiger partial charge in [0.15, 0.2) is 0 Å². The second-order valence-electron chi connectivity index (χ2n) is 4.57. The fourth-order valence-corrected chi connectivity index (χ4v) is 2.66. The highest BCUT2D eigenvalue weighted by Gasteiger charge is 2.31. The van der Waals surface area contributed by atoms with Crippen LogP contribution in [0, 0.1) is 0 Å². The summed E-state index contributed by atoms with van der Waals surface area (Å²) < 4.78 is 0.926. The summed E-state index contributed by atoms with van der Waals surface area (Å²) in [4.78, 5) is 9.50. The summed E-state index contributed by atoms with van der Waals surface area (Å²) in [6.07, 6.45) is 2.82. The Balaban J connectivity index is 1.64. The van der Waals surface area contributed by atoms with E-state index in [4.69, 9.17) is 0 Å². The van der Waals surface area contributed by atoms with Crippen molar-refractivity contribution in [2.45, 2.75) is 18.9 Å². The van der Waals surface area contributed by atoms with Crippen LogP contribution in [-0.2, 0) is 0 Å². The minimum absolute atomic E-state index is 0.901. The maximum atomic E-state index is 4.51. The fraction of sp³-hybridized carbons (Fsp3) is 0.583. The van der Waals surface area contributed by atoms with Crippen molar-refractivity contribution in [1.29, 1.82) is 0 Å². The first-order chi connectivity index (χ1) is 7.83. The van der Waals surface area contributed by atoms with Crippen LogP contribution in [0.2, 0.25) is 0 Å². The minimum atomic E-state index is 0.901. The van der Waals surface area contributed by atoms with Crippen LogP contribution in [0.1, 0.15) is 12.8 Å². The summed E-state index contributed by atoms with van der Waals surface area (Å²) in [5.74, 6) is 1.10. The number of hydrogen-bond donors (Lipinski definition) is 0. The third-order valence-corrected chi connectivity index (χ3v) is 3.84.